The van der Waals surface area contributed by atoms with E-state index >= 15 is 0 Å². The lowest BCUT2D eigenvalue weighted by Crippen LogP contribution is -2.29. The van der Waals surface area contributed by atoms with E-state index in [9.17, 15) is 0 Å². The molecule has 1 unspecified atom stereocenters. The fraction of sp³-hybridized carbons (Fsp3) is 0.647. The highest BCUT2D eigenvalue weighted by molar-refractivity contribution is 9.10. The molecule has 104 valence electrons. The zero-order valence-corrected chi connectivity index (χ0v) is 13.2. The Labute approximate surface area is 125 Å². The molecule has 2 fully saturated rings. The summed E-state index contributed by atoms with van der Waals surface area (Å²) in [4.78, 5) is 0. The average molecular weight is 322 g/mol. The Morgan fingerprint density at radius 1 is 1.05 bits per heavy atom. The van der Waals surface area contributed by atoms with Crippen molar-refractivity contribution in [2.75, 3.05) is 6.54 Å². The van der Waals surface area contributed by atoms with E-state index in [1.54, 1.807) is 0 Å². The monoisotopic (exact) mass is 321 g/mol. The van der Waals surface area contributed by atoms with Gasteiger partial charge in [-0.05, 0) is 43.2 Å². The summed E-state index contributed by atoms with van der Waals surface area (Å²) in [5.74, 6) is 1.56. The molecule has 0 bridgehead atoms. The second kappa shape index (κ2) is 6.41. The molecule has 0 aromatic heterocycles. The number of nitrogens with one attached hydrogen (secondary N) is 1. The summed E-state index contributed by atoms with van der Waals surface area (Å²) in [6, 6.07) is 9.64. The highest BCUT2D eigenvalue weighted by atomic mass is 79.9. The predicted molar refractivity (Wildman–Crippen MR) is 84.5 cm³/mol. The maximum Gasteiger partial charge on any atom is 0.0210 e. The SMILES string of the molecule is Brc1ccccc1C(CNC1CC1)C1CCCCC1. The standard InChI is InChI=1S/C17H24BrN/c18-17-9-5-4-8-15(17)16(12-19-14-10-11-14)13-6-2-1-3-7-13/h4-5,8-9,13-14,16,19H,1-3,6-7,10-12H2. The van der Waals surface area contributed by atoms with E-state index < -0.39 is 0 Å². The first-order valence-corrected chi connectivity index (χ1v) is 8.61. The van der Waals surface area contributed by atoms with E-state index in [-0.39, 0.29) is 0 Å². The highest BCUT2D eigenvalue weighted by Crippen LogP contribution is 2.38. The van der Waals surface area contributed by atoms with Crippen LogP contribution in [0.2, 0.25) is 0 Å². The van der Waals surface area contributed by atoms with Crippen molar-refractivity contribution in [3.8, 4) is 0 Å². The van der Waals surface area contributed by atoms with Gasteiger partial charge < -0.3 is 5.32 Å². The normalized spacial score (nSPS) is 22.4. The van der Waals surface area contributed by atoms with Crippen LogP contribution in [0, 0.1) is 5.92 Å². The fourth-order valence-corrected chi connectivity index (χ4v) is 4.00. The molecule has 0 aliphatic heterocycles. The predicted octanol–water partition coefficient (Wildman–Crippen LogP) is 4.87. The Bertz CT molecular complexity index is 407. The van der Waals surface area contributed by atoms with Crippen LogP contribution in [0.1, 0.15) is 56.4 Å². The van der Waals surface area contributed by atoms with Crippen LogP contribution in [0.4, 0.5) is 0 Å². The van der Waals surface area contributed by atoms with E-state index in [0.29, 0.717) is 5.92 Å². The van der Waals surface area contributed by atoms with Gasteiger partial charge in [0.05, 0.1) is 0 Å². The molecule has 1 aromatic carbocycles. The Kier molecular flexibility index (Phi) is 4.60. The molecule has 3 rings (SSSR count). The Morgan fingerprint density at radius 2 is 1.79 bits per heavy atom. The molecule has 2 aliphatic rings. The molecule has 0 amide bonds. The average Bonchev–Trinajstić information content (AvgIpc) is 3.26. The minimum atomic E-state index is 0.691. The minimum absolute atomic E-state index is 0.691. The number of hydrogen-bond acceptors (Lipinski definition) is 1. The molecule has 0 spiro atoms. The largest absolute Gasteiger partial charge is 0.313 e. The molecule has 1 nitrogen and oxygen atoms in total. The van der Waals surface area contributed by atoms with Gasteiger partial charge in [0.2, 0.25) is 0 Å². The van der Waals surface area contributed by atoms with Gasteiger partial charge in [0, 0.05) is 23.0 Å². The molecule has 1 atom stereocenters. The van der Waals surface area contributed by atoms with Gasteiger partial charge in [-0.25, -0.2) is 0 Å². The van der Waals surface area contributed by atoms with Gasteiger partial charge in [-0.1, -0.05) is 53.4 Å². The topological polar surface area (TPSA) is 12.0 Å². The smallest absolute Gasteiger partial charge is 0.0210 e. The molecule has 2 saturated carbocycles. The van der Waals surface area contributed by atoms with Crippen LogP contribution in [-0.2, 0) is 0 Å². The lowest BCUT2D eigenvalue weighted by atomic mass is 9.76. The van der Waals surface area contributed by atoms with Gasteiger partial charge in [0.1, 0.15) is 0 Å². The first kappa shape index (κ1) is 13.6. The Balaban J connectivity index is 1.75. The summed E-state index contributed by atoms with van der Waals surface area (Å²) >= 11 is 3.76. The summed E-state index contributed by atoms with van der Waals surface area (Å²) in [6.45, 7) is 1.16. The van der Waals surface area contributed by atoms with Gasteiger partial charge in [0.25, 0.3) is 0 Å². The van der Waals surface area contributed by atoms with E-state index in [4.69, 9.17) is 0 Å². The van der Waals surface area contributed by atoms with Crippen LogP contribution < -0.4 is 5.32 Å². The van der Waals surface area contributed by atoms with Crippen LogP contribution in [0.5, 0.6) is 0 Å². The van der Waals surface area contributed by atoms with Gasteiger partial charge in [-0.2, -0.15) is 0 Å². The van der Waals surface area contributed by atoms with Gasteiger partial charge in [-0.3, -0.25) is 0 Å². The summed E-state index contributed by atoms with van der Waals surface area (Å²) in [6.07, 6.45) is 9.89. The van der Waals surface area contributed by atoms with Crippen molar-refractivity contribution in [3.05, 3.63) is 34.3 Å². The molecule has 19 heavy (non-hydrogen) atoms. The van der Waals surface area contributed by atoms with Crippen molar-refractivity contribution in [2.24, 2.45) is 5.92 Å². The van der Waals surface area contributed by atoms with E-state index in [1.165, 1.54) is 55.0 Å². The maximum absolute atomic E-state index is 3.76. The van der Waals surface area contributed by atoms with Crippen LogP contribution in [0.15, 0.2) is 28.7 Å². The van der Waals surface area contributed by atoms with E-state index in [0.717, 1.165) is 18.5 Å². The minimum Gasteiger partial charge on any atom is -0.313 e. The van der Waals surface area contributed by atoms with E-state index in [2.05, 4.69) is 45.5 Å². The van der Waals surface area contributed by atoms with Crippen molar-refractivity contribution < 1.29 is 0 Å². The summed E-state index contributed by atoms with van der Waals surface area (Å²) < 4.78 is 1.29. The summed E-state index contributed by atoms with van der Waals surface area (Å²) in [7, 11) is 0. The first-order valence-electron chi connectivity index (χ1n) is 7.82. The molecule has 0 heterocycles. The van der Waals surface area contributed by atoms with Gasteiger partial charge in [-0.15, -0.1) is 0 Å². The molecular formula is C17H24BrN. The molecule has 1 aromatic rings. The molecule has 2 aliphatic carbocycles. The molecule has 1 N–H and O–H groups in total. The summed E-state index contributed by atoms with van der Waals surface area (Å²) in [5, 5.41) is 3.76. The lowest BCUT2D eigenvalue weighted by molar-refractivity contribution is 0.296. The summed E-state index contributed by atoms with van der Waals surface area (Å²) in [5.41, 5.74) is 1.52. The second-order valence-corrected chi connectivity index (χ2v) is 7.06. The Hall–Kier alpha value is -0.340. The fourth-order valence-electron chi connectivity index (χ4n) is 3.42. The van der Waals surface area contributed by atoms with Crippen LogP contribution in [0.25, 0.3) is 0 Å². The first-order chi connectivity index (χ1) is 9.34. The maximum atomic E-state index is 3.76. The van der Waals surface area contributed by atoms with Crippen molar-refractivity contribution in [2.45, 2.75) is 56.9 Å². The number of benzene rings is 1. The van der Waals surface area contributed by atoms with Gasteiger partial charge in [0.15, 0.2) is 0 Å². The number of rotatable bonds is 5. The Morgan fingerprint density at radius 3 is 2.47 bits per heavy atom. The van der Waals surface area contributed by atoms with Crippen molar-refractivity contribution in [1.82, 2.24) is 5.32 Å². The molecule has 2 heteroatoms. The van der Waals surface area contributed by atoms with Crippen molar-refractivity contribution >= 4 is 15.9 Å². The molecular weight excluding hydrogens is 298 g/mol. The second-order valence-electron chi connectivity index (χ2n) is 6.21. The third kappa shape index (κ3) is 3.61. The zero-order valence-electron chi connectivity index (χ0n) is 11.6. The molecule has 0 saturated heterocycles. The number of halogens is 1. The van der Waals surface area contributed by atoms with Gasteiger partial charge >= 0.3 is 0 Å². The third-order valence-corrected chi connectivity index (χ3v) is 5.45. The molecule has 0 radical (unpaired) electrons. The quantitative estimate of drug-likeness (QED) is 0.816. The number of hydrogen-bond donors (Lipinski definition) is 1. The van der Waals surface area contributed by atoms with E-state index in [1.807, 2.05) is 0 Å². The lowest BCUT2D eigenvalue weighted by Gasteiger charge is -2.31. The van der Waals surface area contributed by atoms with Crippen LogP contribution >= 0.6 is 15.9 Å². The van der Waals surface area contributed by atoms with Crippen molar-refractivity contribution in [3.63, 3.8) is 0 Å². The van der Waals surface area contributed by atoms with Crippen LogP contribution in [0.3, 0.4) is 0 Å². The third-order valence-electron chi connectivity index (χ3n) is 4.73. The van der Waals surface area contributed by atoms with Crippen LogP contribution in [-0.4, -0.2) is 12.6 Å². The van der Waals surface area contributed by atoms with Crippen molar-refractivity contribution in [1.29, 1.82) is 0 Å². The highest BCUT2D eigenvalue weighted by Gasteiger charge is 2.28. The zero-order chi connectivity index (χ0) is 13.1.